The Balaban J connectivity index is 1.93. The van der Waals surface area contributed by atoms with Gasteiger partial charge in [0.25, 0.3) is 0 Å². The van der Waals surface area contributed by atoms with Gasteiger partial charge in [-0.2, -0.15) is 5.26 Å². The predicted molar refractivity (Wildman–Crippen MR) is 75.1 cm³/mol. The van der Waals surface area contributed by atoms with Crippen molar-refractivity contribution in [2.45, 2.75) is 83.7 Å². The van der Waals surface area contributed by atoms with Crippen molar-refractivity contribution in [3.05, 3.63) is 0 Å². The second-order valence-electron chi connectivity index (χ2n) is 7.46. The zero-order valence-corrected chi connectivity index (χ0v) is 12.3. The van der Waals surface area contributed by atoms with E-state index in [1.807, 2.05) is 0 Å². The second kappa shape index (κ2) is 5.21. The molecular weight excluding hydrogens is 220 g/mol. The van der Waals surface area contributed by atoms with Crippen molar-refractivity contribution in [2.24, 2.45) is 11.3 Å². The number of hydrogen-bond donors (Lipinski definition) is 1. The Hall–Kier alpha value is -0.550. The normalized spacial score (nSPS) is 34.4. The van der Waals surface area contributed by atoms with Gasteiger partial charge in [-0.3, -0.25) is 5.32 Å². The van der Waals surface area contributed by atoms with Gasteiger partial charge in [-0.25, -0.2) is 0 Å². The molecule has 0 radical (unpaired) electrons. The number of nitriles is 1. The minimum Gasteiger partial charge on any atom is -0.297 e. The molecule has 1 N–H and O–H groups in total. The van der Waals surface area contributed by atoms with Crippen molar-refractivity contribution in [3.8, 4) is 6.07 Å². The second-order valence-corrected chi connectivity index (χ2v) is 7.46. The third kappa shape index (κ3) is 3.06. The lowest BCUT2D eigenvalue weighted by Gasteiger charge is -2.42. The smallest absolute Gasteiger partial charge is 0.107 e. The minimum atomic E-state index is -0.212. The maximum atomic E-state index is 9.58. The molecule has 0 atom stereocenters. The van der Waals surface area contributed by atoms with Gasteiger partial charge in [-0.05, 0) is 49.9 Å². The van der Waals surface area contributed by atoms with Crippen LogP contribution in [0.15, 0.2) is 0 Å². The lowest BCUT2D eigenvalue weighted by atomic mass is 9.67. The van der Waals surface area contributed by atoms with Crippen LogP contribution in [0.1, 0.15) is 72.1 Å². The van der Waals surface area contributed by atoms with E-state index in [4.69, 9.17) is 0 Å². The van der Waals surface area contributed by atoms with Crippen LogP contribution in [0, 0.1) is 22.7 Å². The summed E-state index contributed by atoms with van der Waals surface area (Å²) in [6, 6.07) is 3.21. The van der Waals surface area contributed by atoms with Crippen LogP contribution in [0.25, 0.3) is 0 Å². The highest BCUT2D eigenvalue weighted by Gasteiger charge is 2.40. The fourth-order valence-electron chi connectivity index (χ4n) is 3.73. The van der Waals surface area contributed by atoms with Crippen molar-refractivity contribution >= 4 is 0 Å². The minimum absolute atomic E-state index is 0.212. The highest BCUT2D eigenvalue weighted by Crippen LogP contribution is 2.41. The van der Waals surface area contributed by atoms with E-state index in [1.54, 1.807) is 0 Å². The van der Waals surface area contributed by atoms with Crippen LogP contribution in [0.2, 0.25) is 0 Å². The lowest BCUT2D eigenvalue weighted by Crippen LogP contribution is -2.51. The molecule has 0 aromatic carbocycles. The molecule has 2 saturated carbocycles. The Labute approximate surface area is 112 Å². The average Bonchev–Trinajstić information content (AvgIpc) is 2.81. The molecule has 102 valence electrons. The van der Waals surface area contributed by atoms with Crippen LogP contribution in [0.3, 0.4) is 0 Å². The van der Waals surface area contributed by atoms with Crippen LogP contribution in [0.4, 0.5) is 0 Å². The Bertz CT molecular complexity index is 307. The first-order valence-corrected chi connectivity index (χ1v) is 7.64. The summed E-state index contributed by atoms with van der Waals surface area (Å²) in [5.41, 5.74) is 0.186. The third-order valence-electron chi connectivity index (χ3n) is 5.11. The molecule has 0 aromatic rings. The van der Waals surface area contributed by atoms with Gasteiger partial charge in [0.05, 0.1) is 6.07 Å². The summed E-state index contributed by atoms with van der Waals surface area (Å²) in [6.45, 7) is 7.00. The largest absolute Gasteiger partial charge is 0.297 e. The fourth-order valence-corrected chi connectivity index (χ4v) is 3.73. The van der Waals surface area contributed by atoms with Gasteiger partial charge in [0.1, 0.15) is 5.54 Å². The van der Waals surface area contributed by atoms with Gasteiger partial charge >= 0.3 is 0 Å². The first kappa shape index (κ1) is 13.9. The number of hydrogen-bond acceptors (Lipinski definition) is 2. The Kier molecular flexibility index (Phi) is 4.02. The molecule has 0 amide bonds. The summed E-state index contributed by atoms with van der Waals surface area (Å²) in [7, 11) is 0. The Morgan fingerprint density at radius 1 is 1.06 bits per heavy atom. The standard InChI is InChI=1S/C16H28N2/c1-15(2,3)13-8-10-16(12-17,11-9-13)18-14-6-4-5-7-14/h13-14,18H,4-11H2,1-3H3. The quantitative estimate of drug-likeness (QED) is 0.801. The molecule has 0 bridgehead atoms. The van der Waals surface area contributed by atoms with Crippen LogP contribution in [-0.4, -0.2) is 11.6 Å². The van der Waals surface area contributed by atoms with Gasteiger partial charge in [0.2, 0.25) is 0 Å². The molecule has 2 aliphatic rings. The SMILES string of the molecule is CC(C)(C)C1CCC(C#N)(NC2CCCC2)CC1. The summed E-state index contributed by atoms with van der Waals surface area (Å²) in [5, 5.41) is 13.3. The molecular formula is C16H28N2. The first-order valence-electron chi connectivity index (χ1n) is 7.64. The molecule has 18 heavy (non-hydrogen) atoms. The summed E-state index contributed by atoms with van der Waals surface area (Å²) in [5.74, 6) is 0.782. The van der Waals surface area contributed by atoms with E-state index in [0.717, 1.165) is 18.8 Å². The van der Waals surface area contributed by atoms with Crippen LogP contribution in [0.5, 0.6) is 0 Å². The zero-order chi connectivity index (χ0) is 13.2. The number of nitrogens with one attached hydrogen (secondary N) is 1. The highest BCUT2D eigenvalue weighted by atomic mass is 15.0. The maximum Gasteiger partial charge on any atom is 0.107 e. The van der Waals surface area contributed by atoms with E-state index in [9.17, 15) is 5.26 Å². The van der Waals surface area contributed by atoms with Gasteiger partial charge < -0.3 is 0 Å². The van der Waals surface area contributed by atoms with E-state index in [-0.39, 0.29) is 5.54 Å². The summed E-state index contributed by atoms with van der Waals surface area (Å²) >= 11 is 0. The number of nitrogens with zero attached hydrogens (tertiary/aromatic N) is 1. The fraction of sp³-hybridized carbons (Fsp3) is 0.938. The van der Waals surface area contributed by atoms with Crippen molar-refractivity contribution in [3.63, 3.8) is 0 Å². The Morgan fingerprint density at radius 2 is 1.61 bits per heavy atom. The topological polar surface area (TPSA) is 35.8 Å². The van der Waals surface area contributed by atoms with Gasteiger partial charge in [-0.15, -0.1) is 0 Å². The summed E-state index contributed by atoms with van der Waals surface area (Å²) in [6.07, 6.45) is 9.71. The van der Waals surface area contributed by atoms with E-state index < -0.39 is 0 Å². The summed E-state index contributed by atoms with van der Waals surface area (Å²) < 4.78 is 0. The molecule has 0 saturated heterocycles. The van der Waals surface area contributed by atoms with Gasteiger partial charge in [0.15, 0.2) is 0 Å². The van der Waals surface area contributed by atoms with E-state index in [0.29, 0.717) is 11.5 Å². The molecule has 2 fully saturated rings. The van der Waals surface area contributed by atoms with Crippen LogP contribution in [-0.2, 0) is 0 Å². The molecule has 0 unspecified atom stereocenters. The molecule has 2 heteroatoms. The summed E-state index contributed by atoms with van der Waals surface area (Å²) in [4.78, 5) is 0. The molecule has 2 rings (SSSR count). The monoisotopic (exact) mass is 248 g/mol. The molecule has 0 spiro atoms. The zero-order valence-electron chi connectivity index (χ0n) is 12.3. The number of rotatable bonds is 2. The lowest BCUT2D eigenvalue weighted by molar-refractivity contribution is 0.132. The van der Waals surface area contributed by atoms with Gasteiger partial charge in [-0.1, -0.05) is 33.6 Å². The first-order chi connectivity index (χ1) is 8.45. The Morgan fingerprint density at radius 3 is 2.06 bits per heavy atom. The van der Waals surface area contributed by atoms with E-state index >= 15 is 0 Å². The van der Waals surface area contributed by atoms with Crippen molar-refractivity contribution in [2.75, 3.05) is 0 Å². The third-order valence-corrected chi connectivity index (χ3v) is 5.11. The van der Waals surface area contributed by atoms with Crippen molar-refractivity contribution in [1.82, 2.24) is 5.32 Å². The molecule has 0 aromatic heterocycles. The van der Waals surface area contributed by atoms with Crippen molar-refractivity contribution < 1.29 is 0 Å². The van der Waals surface area contributed by atoms with E-state index in [1.165, 1.54) is 38.5 Å². The predicted octanol–water partition coefficient (Wildman–Crippen LogP) is 4.02. The van der Waals surface area contributed by atoms with Gasteiger partial charge in [0, 0.05) is 6.04 Å². The average molecular weight is 248 g/mol. The van der Waals surface area contributed by atoms with Crippen molar-refractivity contribution in [1.29, 1.82) is 5.26 Å². The van der Waals surface area contributed by atoms with Crippen LogP contribution < -0.4 is 5.32 Å². The van der Waals surface area contributed by atoms with Crippen LogP contribution >= 0.6 is 0 Å². The van der Waals surface area contributed by atoms with E-state index in [2.05, 4.69) is 32.2 Å². The molecule has 0 heterocycles. The molecule has 2 nitrogen and oxygen atoms in total. The molecule has 0 aliphatic heterocycles. The highest BCUT2D eigenvalue weighted by molar-refractivity contribution is 5.11. The maximum absolute atomic E-state index is 9.58. The molecule has 2 aliphatic carbocycles.